The summed E-state index contributed by atoms with van der Waals surface area (Å²) < 4.78 is 84.4. The largest absolute Gasteiger partial charge is 0.447 e. The Morgan fingerprint density at radius 3 is 2.21 bits per heavy atom. The molecule has 0 spiro atoms. The highest BCUT2D eigenvalue weighted by Crippen LogP contribution is 2.37. The van der Waals surface area contributed by atoms with Crippen LogP contribution in [0.1, 0.15) is 41.1 Å². The number of alkyl halides is 6. The summed E-state index contributed by atoms with van der Waals surface area (Å²) in [5.74, 6) is -0.196. The Morgan fingerprint density at radius 1 is 1.03 bits per heavy atom. The van der Waals surface area contributed by atoms with Gasteiger partial charge in [0.15, 0.2) is 6.33 Å². The van der Waals surface area contributed by atoms with Crippen molar-refractivity contribution in [2.75, 3.05) is 19.7 Å². The summed E-state index contributed by atoms with van der Waals surface area (Å²) >= 11 is 6.29. The Balaban J connectivity index is 1.36. The van der Waals surface area contributed by atoms with E-state index in [9.17, 15) is 31.1 Å². The van der Waals surface area contributed by atoms with E-state index in [1.807, 2.05) is 0 Å². The molecule has 1 aliphatic heterocycles. The standard InChI is InChI=1S/C24H22ClF6N5O2/c25-20-4-2-1-3-19(20)21(36-33-14-32-34-36)13-38-22(37)35-7-5-15(6-8-35)9-16-10-17(23(26,27)28)12-18(11-16)24(29,30)31/h1-4,10-12,14-15,21H,5-9,13H2. The number of carbonyl (C=O) groups is 1. The number of hydrogen-bond acceptors (Lipinski definition) is 5. The van der Waals surface area contributed by atoms with Gasteiger partial charge in [-0.25, -0.2) is 4.79 Å². The summed E-state index contributed by atoms with van der Waals surface area (Å²) in [5, 5.41) is 12.0. The van der Waals surface area contributed by atoms with Crippen molar-refractivity contribution >= 4 is 17.7 Å². The Labute approximate surface area is 218 Å². The van der Waals surface area contributed by atoms with Gasteiger partial charge in [0, 0.05) is 23.7 Å². The van der Waals surface area contributed by atoms with Crippen LogP contribution in [-0.4, -0.2) is 50.9 Å². The van der Waals surface area contributed by atoms with Crippen LogP contribution >= 0.6 is 11.6 Å². The normalized spacial score (nSPS) is 15.9. The van der Waals surface area contributed by atoms with Gasteiger partial charge in [-0.1, -0.05) is 29.8 Å². The van der Waals surface area contributed by atoms with Crippen LogP contribution in [0.4, 0.5) is 31.1 Å². The number of tetrazole rings is 1. The van der Waals surface area contributed by atoms with E-state index in [0.29, 0.717) is 23.4 Å². The summed E-state index contributed by atoms with van der Waals surface area (Å²) in [4.78, 5) is 15.4. The van der Waals surface area contributed by atoms with Crippen LogP contribution in [0.5, 0.6) is 0 Å². The minimum atomic E-state index is -4.90. The van der Waals surface area contributed by atoms with Crippen molar-refractivity contribution in [2.24, 2.45) is 5.92 Å². The van der Waals surface area contributed by atoms with Gasteiger partial charge in [0.05, 0.1) is 11.1 Å². The molecule has 38 heavy (non-hydrogen) atoms. The van der Waals surface area contributed by atoms with E-state index in [-0.39, 0.29) is 43.7 Å². The zero-order valence-corrected chi connectivity index (χ0v) is 20.5. The van der Waals surface area contributed by atoms with Crippen LogP contribution in [0, 0.1) is 5.92 Å². The first-order chi connectivity index (χ1) is 17.9. The molecule has 0 aliphatic carbocycles. The van der Waals surface area contributed by atoms with Crippen LogP contribution in [-0.2, 0) is 23.5 Å². The monoisotopic (exact) mass is 561 g/mol. The van der Waals surface area contributed by atoms with Gasteiger partial charge in [0.1, 0.15) is 12.6 Å². The molecule has 7 nitrogen and oxygen atoms in total. The molecule has 1 saturated heterocycles. The molecule has 0 radical (unpaired) electrons. The molecule has 14 heteroatoms. The number of likely N-dealkylation sites (tertiary alicyclic amines) is 1. The van der Waals surface area contributed by atoms with E-state index in [0.717, 1.165) is 12.1 Å². The molecule has 1 atom stereocenters. The van der Waals surface area contributed by atoms with Crippen molar-refractivity contribution in [1.82, 2.24) is 25.1 Å². The van der Waals surface area contributed by atoms with E-state index in [1.54, 1.807) is 24.3 Å². The molecule has 2 heterocycles. The molecule has 1 unspecified atom stereocenters. The first-order valence-corrected chi connectivity index (χ1v) is 12.0. The van der Waals surface area contributed by atoms with E-state index in [4.69, 9.17) is 16.3 Å². The van der Waals surface area contributed by atoms with E-state index in [1.165, 1.54) is 16.0 Å². The topological polar surface area (TPSA) is 73.1 Å². The van der Waals surface area contributed by atoms with Crippen molar-refractivity contribution in [3.05, 3.63) is 76.1 Å². The molecular formula is C24H22ClF6N5O2. The molecule has 0 N–H and O–H groups in total. The predicted octanol–water partition coefficient (Wildman–Crippen LogP) is 6.04. The molecule has 0 saturated carbocycles. The maximum atomic E-state index is 13.2. The van der Waals surface area contributed by atoms with Crippen molar-refractivity contribution < 1.29 is 35.9 Å². The zero-order chi connectivity index (χ0) is 27.5. The summed E-state index contributed by atoms with van der Waals surface area (Å²) in [6.45, 7) is 0.350. The molecule has 0 bridgehead atoms. The van der Waals surface area contributed by atoms with Crippen molar-refractivity contribution in [1.29, 1.82) is 0 Å². The van der Waals surface area contributed by atoms with Gasteiger partial charge in [-0.15, -0.1) is 10.2 Å². The van der Waals surface area contributed by atoms with Gasteiger partial charge in [0.2, 0.25) is 0 Å². The highest BCUT2D eigenvalue weighted by molar-refractivity contribution is 6.31. The molecule has 204 valence electrons. The molecule has 1 amide bonds. The molecule has 2 aromatic carbocycles. The third-order valence-electron chi connectivity index (χ3n) is 6.32. The zero-order valence-electron chi connectivity index (χ0n) is 19.7. The lowest BCUT2D eigenvalue weighted by atomic mass is 9.89. The van der Waals surface area contributed by atoms with Crippen molar-refractivity contribution in [2.45, 2.75) is 37.7 Å². The first kappa shape index (κ1) is 27.7. The SMILES string of the molecule is O=C(OCC(c1ccccc1Cl)n1ncnn1)N1CCC(Cc2cc(C(F)(F)F)cc(C(F)(F)F)c2)CC1. The molecule has 4 rings (SSSR count). The van der Waals surface area contributed by atoms with Crippen LogP contribution in [0.3, 0.4) is 0 Å². The lowest BCUT2D eigenvalue weighted by Crippen LogP contribution is -2.40. The first-order valence-electron chi connectivity index (χ1n) is 11.6. The number of amides is 1. The smallest absolute Gasteiger partial charge is 0.416 e. The lowest BCUT2D eigenvalue weighted by molar-refractivity contribution is -0.143. The molecular weight excluding hydrogens is 540 g/mol. The predicted molar refractivity (Wildman–Crippen MR) is 123 cm³/mol. The summed E-state index contributed by atoms with van der Waals surface area (Å²) in [6.07, 6.45) is -8.35. The van der Waals surface area contributed by atoms with Gasteiger partial charge in [-0.2, -0.15) is 31.1 Å². The number of rotatable bonds is 6. The molecule has 1 aromatic heterocycles. The van der Waals surface area contributed by atoms with Gasteiger partial charge < -0.3 is 9.64 Å². The third-order valence-corrected chi connectivity index (χ3v) is 6.66. The average Bonchev–Trinajstić information content (AvgIpc) is 3.39. The molecule has 3 aromatic rings. The highest BCUT2D eigenvalue weighted by Gasteiger charge is 2.37. The highest BCUT2D eigenvalue weighted by atomic mass is 35.5. The van der Waals surface area contributed by atoms with Gasteiger partial charge in [-0.05, 0) is 60.2 Å². The third kappa shape index (κ3) is 6.74. The maximum absolute atomic E-state index is 13.2. The fourth-order valence-corrected chi connectivity index (χ4v) is 4.64. The van der Waals surface area contributed by atoms with E-state index < -0.39 is 35.6 Å². The minimum absolute atomic E-state index is 0.0302. The number of nitrogens with zero attached hydrogens (tertiary/aromatic N) is 5. The fraction of sp³-hybridized carbons (Fsp3) is 0.417. The van der Waals surface area contributed by atoms with Crippen LogP contribution in [0.2, 0.25) is 5.02 Å². The lowest BCUT2D eigenvalue weighted by Gasteiger charge is -2.32. The Bertz CT molecular complexity index is 1210. The number of piperidine rings is 1. The number of aromatic nitrogens is 4. The summed E-state index contributed by atoms with van der Waals surface area (Å²) in [5.41, 5.74) is -2.09. The number of carbonyl (C=O) groups excluding carboxylic acids is 1. The van der Waals surface area contributed by atoms with Crippen molar-refractivity contribution in [3.8, 4) is 0 Å². The van der Waals surface area contributed by atoms with Gasteiger partial charge >= 0.3 is 18.4 Å². The van der Waals surface area contributed by atoms with Gasteiger partial charge in [0.25, 0.3) is 0 Å². The second kappa shape index (κ2) is 11.2. The second-order valence-electron chi connectivity index (χ2n) is 8.92. The maximum Gasteiger partial charge on any atom is 0.416 e. The van der Waals surface area contributed by atoms with Crippen LogP contribution < -0.4 is 0 Å². The molecule has 1 aliphatic rings. The number of ether oxygens (including phenoxy) is 1. The summed E-state index contributed by atoms with van der Waals surface area (Å²) in [7, 11) is 0. The van der Waals surface area contributed by atoms with E-state index in [2.05, 4.69) is 15.4 Å². The summed E-state index contributed by atoms with van der Waals surface area (Å²) in [6, 6.07) is 7.93. The van der Waals surface area contributed by atoms with E-state index >= 15 is 0 Å². The van der Waals surface area contributed by atoms with Crippen LogP contribution in [0.15, 0.2) is 48.8 Å². The number of halogens is 7. The Hall–Kier alpha value is -3.35. The van der Waals surface area contributed by atoms with Crippen LogP contribution in [0.25, 0.3) is 0 Å². The molecule has 1 fully saturated rings. The Morgan fingerprint density at radius 2 is 1.66 bits per heavy atom. The number of benzene rings is 2. The second-order valence-corrected chi connectivity index (χ2v) is 9.33. The Kier molecular flexibility index (Phi) is 8.14. The average molecular weight is 562 g/mol. The van der Waals surface area contributed by atoms with Crippen molar-refractivity contribution in [3.63, 3.8) is 0 Å². The quantitative estimate of drug-likeness (QED) is 0.343. The van der Waals surface area contributed by atoms with Gasteiger partial charge in [-0.3, -0.25) is 0 Å². The minimum Gasteiger partial charge on any atom is -0.447 e. The number of hydrogen-bond donors (Lipinski definition) is 0. The fourth-order valence-electron chi connectivity index (χ4n) is 4.38.